The summed E-state index contributed by atoms with van der Waals surface area (Å²) in [5, 5.41) is 19.3. The molecule has 3 rings (SSSR count). The zero-order valence-corrected chi connectivity index (χ0v) is 17.2. The molecule has 0 aliphatic rings. The van der Waals surface area contributed by atoms with E-state index in [0.29, 0.717) is 5.75 Å². The van der Waals surface area contributed by atoms with Crippen LogP contribution >= 0.6 is 0 Å². The van der Waals surface area contributed by atoms with E-state index in [1.165, 1.54) is 6.07 Å². The number of hydrogen-bond donors (Lipinski definition) is 4. The zero-order valence-electron chi connectivity index (χ0n) is 17.2. The number of carboxylic acid groups (broad SMARTS) is 2. The summed E-state index contributed by atoms with van der Waals surface area (Å²) >= 11 is 0. The van der Waals surface area contributed by atoms with Gasteiger partial charge in [-0.1, -0.05) is 51.1 Å². The molecule has 2 aromatic carbocycles. The van der Waals surface area contributed by atoms with Crippen LogP contribution in [0.3, 0.4) is 0 Å². The van der Waals surface area contributed by atoms with Gasteiger partial charge in [0.05, 0.1) is 0 Å². The summed E-state index contributed by atoms with van der Waals surface area (Å²) in [5.74, 6) is -2.84. The van der Waals surface area contributed by atoms with Crippen LogP contribution in [0.2, 0.25) is 0 Å². The van der Waals surface area contributed by atoms with E-state index in [0.717, 1.165) is 5.56 Å². The second kappa shape index (κ2) is 7.98. The SMILES string of the molecule is CC(C)(C)c1cccc(Oc2ccccc2-c2c(C(=O)O)c(N)[nH]c(=O)c2C(=O)O)c1. The van der Waals surface area contributed by atoms with E-state index in [9.17, 15) is 24.6 Å². The van der Waals surface area contributed by atoms with Crippen molar-refractivity contribution in [1.29, 1.82) is 0 Å². The fraction of sp³-hybridized carbons (Fsp3) is 0.174. The van der Waals surface area contributed by atoms with Crippen LogP contribution < -0.4 is 16.0 Å². The van der Waals surface area contributed by atoms with Crippen LogP contribution in [0.15, 0.2) is 53.3 Å². The van der Waals surface area contributed by atoms with Crippen molar-refractivity contribution in [3.63, 3.8) is 0 Å². The van der Waals surface area contributed by atoms with Crippen molar-refractivity contribution in [3.05, 3.63) is 75.6 Å². The second-order valence-electron chi connectivity index (χ2n) is 7.98. The molecule has 0 radical (unpaired) electrons. The number of nitrogen functional groups attached to an aromatic ring is 1. The lowest BCUT2D eigenvalue weighted by Crippen LogP contribution is -2.24. The number of benzene rings is 2. The number of anilines is 1. The Kier molecular flexibility index (Phi) is 5.57. The number of carbonyl (C=O) groups is 2. The van der Waals surface area contributed by atoms with E-state index in [1.54, 1.807) is 24.3 Å². The lowest BCUT2D eigenvalue weighted by atomic mass is 9.87. The minimum absolute atomic E-state index is 0.122. The number of nitrogens with one attached hydrogen (secondary N) is 1. The Balaban J connectivity index is 2.26. The molecule has 0 aliphatic heterocycles. The van der Waals surface area contributed by atoms with Gasteiger partial charge in [0.25, 0.3) is 5.56 Å². The van der Waals surface area contributed by atoms with Crippen LogP contribution in [0.1, 0.15) is 47.1 Å². The average Bonchev–Trinajstić information content (AvgIpc) is 2.66. The standard InChI is InChI=1S/C23H22N2O6/c1-23(2,3)12-7-6-8-13(11-12)31-15-10-5-4-9-14(15)16-17(21(27)28)19(24)25-20(26)18(16)22(29)30/h4-11H,1-3H3,(H,27,28)(H,29,30)(H3,24,25,26). The molecular weight excluding hydrogens is 400 g/mol. The number of para-hydroxylation sites is 1. The molecule has 0 fully saturated rings. The number of hydrogen-bond acceptors (Lipinski definition) is 5. The number of aromatic amines is 1. The van der Waals surface area contributed by atoms with Gasteiger partial charge in [0.1, 0.15) is 28.4 Å². The maximum Gasteiger partial charge on any atom is 0.342 e. The normalized spacial score (nSPS) is 11.2. The van der Waals surface area contributed by atoms with E-state index in [1.807, 2.05) is 18.2 Å². The third kappa shape index (κ3) is 4.28. The maximum absolute atomic E-state index is 12.3. The zero-order chi connectivity index (χ0) is 22.9. The summed E-state index contributed by atoms with van der Waals surface area (Å²) in [5.41, 5.74) is 4.16. The number of ether oxygens (including phenoxy) is 1. The van der Waals surface area contributed by atoms with Gasteiger partial charge in [0.15, 0.2) is 0 Å². The van der Waals surface area contributed by atoms with Gasteiger partial charge in [-0.3, -0.25) is 4.79 Å². The smallest absolute Gasteiger partial charge is 0.342 e. The first kappa shape index (κ1) is 21.6. The maximum atomic E-state index is 12.3. The number of carboxylic acids is 2. The summed E-state index contributed by atoms with van der Waals surface area (Å²) < 4.78 is 6.01. The van der Waals surface area contributed by atoms with Gasteiger partial charge in [-0.15, -0.1) is 0 Å². The number of aromatic nitrogens is 1. The molecule has 8 nitrogen and oxygen atoms in total. The molecular formula is C23H22N2O6. The summed E-state index contributed by atoms with van der Waals surface area (Å²) in [6, 6.07) is 13.7. The molecule has 0 aliphatic carbocycles. The molecule has 0 saturated carbocycles. The van der Waals surface area contributed by atoms with E-state index < -0.39 is 34.4 Å². The van der Waals surface area contributed by atoms with Crippen LogP contribution in [0.4, 0.5) is 5.82 Å². The number of H-pyrrole nitrogens is 1. The van der Waals surface area contributed by atoms with Gasteiger partial charge >= 0.3 is 11.9 Å². The molecule has 0 atom stereocenters. The Morgan fingerprint density at radius 2 is 1.61 bits per heavy atom. The third-order valence-electron chi connectivity index (χ3n) is 4.76. The van der Waals surface area contributed by atoms with Gasteiger partial charge in [0.2, 0.25) is 0 Å². The van der Waals surface area contributed by atoms with Crippen molar-refractivity contribution >= 4 is 17.8 Å². The highest BCUT2D eigenvalue weighted by Crippen LogP contribution is 2.38. The van der Waals surface area contributed by atoms with Gasteiger partial charge in [0, 0.05) is 11.1 Å². The Morgan fingerprint density at radius 1 is 0.968 bits per heavy atom. The van der Waals surface area contributed by atoms with Crippen molar-refractivity contribution in [2.24, 2.45) is 0 Å². The monoisotopic (exact) mass is 422 g/mol. The predicted molar refractivity (Wildman–Crippen MR) is 116 cm³/mol. The highest BCUT2D eigenvalue weighted by atomic mass is 16.5. The van der Waals surface area contributed by atoms with Crippen LogP contribution in [0.5, 0.6) is 11.5 Å². The fourth-order valence-electron chi connectivity index (χ4n) is 3.23. The molecule has 1 heterocycles. The lowest BCUT2D eigenvalue weighted by Gasteiger charge is -2.20. The van der Waals surface area contributed by atoms with E-state index in [2.05, 4.69) is 25.8 Å². The van der Waals surface area contributed by atoms with Crippen molar-refractivity contribution in [2.45, 2.75) is 26.2 Å². The van der Waals surface area contributed by atoms with E-state index >= 15 is 0 Å². The van der Waals surface area contributed by atoms with E-state index in [4.69, 9.17) is 10.5 Å². The molecule has 0 amide bonds. The third-order valence-corrected chi connectivity index (χ3v) is 4.76. The van der Waals surface area contributed by atoms with Gasteiger partial charge in [-0.05, 0) is 29.2 Å². The van der Waals surface area contributed by atoms with Crippen molar-refractivity contribution in [3.8, 4) is 22.6 Å². The molecule has 0 spiro atoms. The quantitative estimate of drug-likeness (QED) is 0.484. The molecule has 5 N–H and O–H groups in total. The number of pyridine rings is 1. The Hall–Kier alpha value is -4.07. The highest BCUT2D eigenvalue weighted by molar-refractivity contribution is 6.08. The van der Waals surface area contributed by atoms with Crippen molar-refractivity contribution < 1.29 is 24.5 Å². The van der Waals surface area contributed by atoms with Crippen molar-refractivity contribution in [1.82, 2.24) is 4.98 Å². The number of rotatable bonds is 5. The first-order chi connectivity index (χ1) is 14.5. The van der Waals surface area contributed by atoms with Crippen molar-refractivity contribution in [2.75, 3.05) is 5.73 Å². The van der Waals surface area contributed by atoms with Gasteiger partial charge in [-0.25, -0.2) is 9.59 Å². The largest absolute Gasteiger partial charge is 0.478 e. The molecule has 31 heavy (non-hydrogen) atoms. The molecule has 0 bridgehead atoms. The first-order valence-corrected chi connectivity index (χ1v) is 9.41. The fourth-order valence-corrected chi connectivity index (χ4v) is 3.23. The molecule has 0 unspecified atom stereocenters. The summed E-state index contributed by atoms with van der Waals surface area (Å²) in [4.78, 5) is 38.1. The predicted octanol–water partition coefficient (Wildman–Crippen LogP) is 4.11. The summed E-state index contributed by atoms with van der Waals surface area (Å²) in [6.07, 6.45) is 0. The second-order valence-corrected chi connectivity index (χ2v) is 7.98. The highest BCUT2D eigenvalue weighted by Gasteiger charge is 2.28. The Morgan fingerprint density at radius 3 is 2.23 bits per heavy atom. The lowest BCUT2D eigenvalue weighted by molar-refractivity contribution is 0.0695. The summed E-state index contributed by atoms with van der Waals surface area (Å²) in [7, 11) is 0. The molecule has 3 aromatic rings. The van der Waals surface area contributed by atoms with Crippen LogP contribution in [0.25, 0.3) is 11.1 Å². The van der Waals surface area contributed by atoms with E-state index in [-0.39, 0.29) is 22.3 Å². The Bertz CT molecular complexity index is 1240. The number of aromatic carboxylic acids is 2. The topological polar surface area (TPSA) is 143 Å². The minimum Gasteiger partial charge on any atom is -0.478 e. The summed E-state index contributed by atoms with van der Waals surface area (Å²) in [6.45, 7) is 6.16. The van der Waals surface area contributed by atoms with Crippen LogP contribution in [-0.2, 0) is 5.41 Å². The molecule has 160 valence electrons. The Labute approximate surface area is 177 Å². The molecule has 8 heteroatoms. The average molecular weight is 422 g/mol. The van der Waals surface area contributed by atoms with Gasteiger partial charge in [-0.2, -0.15) is 0 Å². The first-order valence-electron chi connectivity index (χ1n) is 9.41. The molecule has 0 saturated heterocycles. The van der Waals surface area contributed by atoms with Crippen LogP contribution in [0, 0.1) is 0 Å². The number of nitrogens with two attached hydrogens (primary N) is 1. The molecule has 1 aromatic heterocycles. The van der Waals surface area contributed by atoms with Gasteiger partial charge < -0.3 is 25.7 Å². The minimum atomic E-state index is -1.58. The van der Waals surface area contributed by atoms with Crippen LogP contribution in [-0.4, -0.2) is 27.1 Å².